The Kier molecular flexibility index (Phi) is 4.00. The van der Waals surface area contributed by atoms with Crippen LogP contribution in [0.25, 0.3) is 0 Å². The molecule has 0 radical (unpaired) electrons. The molecule has 1 unspecified atom stereocenters. The van der Waals surface area contributed by atoms with E-state index in [-0.39, 0.29) is 12.0 Å². The lowest BCUT2D eigenvalue weighted by atomic mass is 10.4. The van der Waals surface area contributed by atoms with Gasteiger partial charge in [0.2, 0.25) is 0 Å². The molecule has 0 aliphatic carbocycles. The van der Waals surface area contributed by atoms with Crippen molar-refractivity contribution in [1.82, 2.24) is 0 Å². The molecule has 1 aromatic rings. The fraction of sp³-hybridized carbons (Fsp3) is 0.375. The van der Waals surface area contributed by atoms with Crippen molar-refractivity contribution >= 4 is 11.6 Å². The van der Waals surface area contributed by atoms with Gasteiger partial charge in [0.05, 0.1) is 5.88 Å². The van der Waals surface area contributed by atoms with Gasteiger partial charge in [-0.1, -0.05) is 6.07 Å². The standard InChI is InChI=1S/C8H10ClNO2/c9-6-8(12-11)7-10-4-2-1-3-5-10/h1-5,8H,6-7H2/p+1. The normalized spacial score (nSPS) is 12.8. The van der Waals surface area contributed by atoms with Crippen LogP contribution >= 0.6 is 11.6 Å². The number of alkyl halides is 1. The maximum Gasteiger partial charge on any atom is 0.178 e. The Morgan fingerprint density at radius 2 is 2.00 bits per heavy atom. The van der Waals surface area contributed by atoms with E-state index in [1.807, 2.05) is 35.2 Å². The van der Waals surface area contributed by atoms with Crippen LogP contribution in [-0.2, 0) is 11.4 Å². The van der Waals surface area contributed by atoms with Crippen molar-refractivity contribution in [1.29, 1.82) is 0 Å². The van der Waals surface area contributed by atoms with Gasteiger partial charge in [0.25, 0.3) is 0 Å². The molecule has 0 aliphatic rings. The molecule has 0 aromatic carbocycles. The van der Waals surface area contributed by atoms with Crippen LogP contribution in [0.3, 0.4) is 0 Å². The van der Waals surface area contributed by atoms with Gasteiger partial charge in [0.15, 0.2) is 25.0 Å². The molecule has 1 rings (SSSR count). The Morgan fingerprint density at radius 3 is 2.50 bits per heavy atom. The topological polar surface area (TPSA) is 33.3 Å². The summed E-state index contributed by atoms with van der Waals surface area (Å²) in [6.45, 7) is 0.556. The van der Waals surface area contributed by atoms with Gasteiger partial charge in [-0.05, 0) is 0 Å². The average molecular weight is 189 g/mol. The largest absolute Gasteiger partial charge is 0.251 e. The minimum Gasteiger partial charge on any atom is -0.251 e. The first-order chi connectivity index (χ1) is 5.86. The Hall–Kier alpha value is -0.640. The molecule has 0 spiro atoms. The molecule has 66 valence electrons. The smallest absolute Gasteiger partial charge is 0.178 e. The van der Waals surface area contributed by atoms with Crippen molar-refractivity contribution < 1.29 is 14.7 Å². The van der Waals surface area contributed by atoms with E-state index >= 15 is 0 Å². The molecule has 1 atom stereocenters. The summed E-state index contributed by atoms with van der Waals surface area (Å²) in [5.74, 6) is 0.276. The fourth-order valence-corrected chi connectivity index (χ4v) is 1.06. The minimum atomic E-state index is -0.348. The van der Waals surface area contributed by atoms with E-state index in [4.69, 9.17) is 16.9 Å². The van der Waals surface area contributed by atoms with Crippen molar-refractivity contribution in [2.24, 2.45) is 0 Å². The van der Waals surface area contributed by atoms with E-state index in [2.05, 4.69) is 4.89 Å². The molecule has 0 bridgehead atoms. The molecular formula is C8H11ClNO2+. The molecule has 0 saturated carbocycles. The molecule has 4 heteroatoms. The first kappa shape index (κ1) is 9.45. The number of rotatable bonds is 4. The van der Waals surface area contributed by atoms with Crippen molar-refractivity contribution in [3.05, 3.63) is 30.6 Å². The maximum absolute atomic E-state index is 8.39. The predicted octanol–water partition coefficient (Wildman–Crippen LogP) is 1.07. The van der Waals surface area contributed by atoms with Gasteiger partial charge in [0, 0.05) is 12.1 Å². The van der Waals surface area contributed by atoms with E-state index in [0.717, 1.165) is 0 Å². The van der Waals surface area contributed by atoms with Crippen LogP contribution < -0.4 is 4.57 Å². The van der Waals surface area contributed by atoms with E-state index < -0.39 is 0 Å². The zero-order valence-electron chi connectivity index (χ0n) is 6.56. The molecule has 0 fully saturated rings. The highest BCUT2D eigenvalue weighted by molar-refractivity contribution is 6.18. The zero-order valence-corrected chi connectivity index (χ0v) is 7.31. The van der Waals surface area contributed by atoms with Crippen LogP contribution in [0.15, 0.2) is 30.6 Å². The molecule has 0 aliphatic heterocycles. The number of nitrogens with zero attached hydrogens (tertiary/aromatic N) is 1. The number of aromatic nitrogens is 1. The molecule has 1 N–H and O–H groups in total. The van der Waals surface area contributed by atoms with Crippen molar-refractivity contribution in [2.45, 2.75) is 12.6 Å². The average Bonchev–Trinajstić information content (AvgIpc) is 2.16. The number of pyridine rings is 1. The summed E-state index contributed by atoms with van der Waals surface area (Å²) in [7, 11) is 0. The Balaban J connectivity index is 2.51. The van der Waals surface area contributed by atoms with Crippen LogP contribution in [0, 0.1) is 0 Å². The highest BCUT2D eigenvalue weighted by atomic mass is 35.5. The summed E-state index contributed by atoms with van der Waals surface area (Å²) in [5, 5.41) is 8.39. The van der Waals surface area contributed by atoms with Crippen molar-refractivity contribution in [3.8, 4) is 0 Å². The third kappa shape index (κ3) is 2.77. The second kappa shape index (κ2) is 5.09. The summed E-state index contributed by atoms with van der Waals surface area (Å²) in [5.41, 5.74) is 0. The second-order valence-corrected chi connectivity index (χ2v) is 2.76. The van der Waals surface area contributed by atoms with Gasteiger partial charge < -0.3 is 0 Å². The van der Waals surface area contributed by atoms with Crippen molar-refractivity contribution in [2.75, 3.05) is 5.88 Å². The molecule has 1 heterocycles. The van der Waals surface area contributed by atoms with Gasteiger partial charge >= 0.3 is 0 Å². The molecule has 3 nitrogen and oxygen atoms in total. The minimum absolute atomic E-state index is 0.276. The highest BCUT2D eigenvalue weighted by Gasteiger charge is 2.12. The SMILES string of the molecule is OOC(CCl)C[n+]1ccccc1. The molecule has 12 heavy (non-hydrogen) atoms. The van der Waals surface area contributed by atoms with Crippen LogP contribution in [0.4, 0.5) is 0 Å². The lowest BCUT2D eigenvalue weighted by molar-refractivity contribution is -0.707. The zero-order chi connectivity index (χ0) is 8.81. The molecular weight excluding hydrogens is 178 g/mol. The summed E-state index contributed by atoms with van der Waals surface area (Å²) in [4.78, 5) is 4.15. The third-order valence-corrected chi connectivity index (χ3v) is 1.86. The second-order valence-electron chi connectivity index (χ2n) is 2.45. The van der Waals surface area contributed by atoms with Gasteiger partial charge in [-0.3, -0.25) is 5.26 Å². The van der Waals surface area contributed by atoms with Crippen LogP contribution in [0.2, 0.25) is 0 Å². The number of hydrogen-bond acceptors (Lipinski definition) is 2. The summed E-state index contributed by atoms with van der Waals surface area (Å²) in [6.07, 6.45) is 3.43. The van der Waals surface area contributed by atoms with E-state index in [0.29, 0.717) is 6.54 Å². The molecule has 1 aromatic heterocycles. The summed E-state index contributed by atoms with van der Waals surface area (Å²) >= 11 is 5.52. The lowest BCUT2D eigenvalue weighted by Gasteiger charge is -2.04. The maximum atomic E-state index is 8.39. The van der Waals surface area contributed by atoms with Crippen molar-refractivity contribution in [3.63, 3.8) is 0 Å². The third-order valence-electron chi connectivity index (χ3n) is 1.51. The summed E-state index contributed by atoms with van der Waals surface area (Å²) < 4.78 is 1.89. The summed E-state index contributed by atoms with van der Waals surface area (Å²) in [6, 6.07) is 5.73. The van der Waals surface area contributed by atoms with Crippen LogP contribution in [0.1, 0.15) is 0 Å². The highest BCUT2D eigenvalue weighted by Crippen LogP contribution is 1.92. The molecule has 0 amide bonds. The lowest BCUT2D eigenvalue weighted by Crippen LogP contribution is -2.40. The van der Waals surface area contributed by atoms with Gasteiger partial charge in [-0.2, -0.15) is 0 Å². The first-order valence-electron chi connectivity index (χ1n) is 3.67. The molecule has 0 saturated heterocycles. The Morgan fingerprint density at radius 1 is 1.33 bits per heavy atom. The predicted molar refractivity (Wildman–Crippen MR) is 44.9 cm³/mol. The Labute approximate surface area is 76.1 Å². The van der Waals surface area contributed by atoms with E-state index in [9.17, 15) is 0 Å². The van der Waals surface area contributed by atoms with Gasteiger partial charge in [-0.25, -0.2) is 9.45 Å². The number of hydrogen-bond donors (Lipinski definition) is 1. The number of halogens is 1. The van der Waals surface area contributed by atoms with E-state index in [1.54, 1.807) is 0 Å². The van der Waals surface area contributed by atoms with Gasteiger partial charge in [-0.15, -0.1) is 11.6 Å². The van der Waals surface area contributed by atoms with Gasteiger partial charge in [0.1, 0.15) is 0 Å². The quantitative estimate of drug-likeness (QED) is 0.332. The fourth-order valence-electron chi connectivity index (χ4n) is 0.901. The van der Waals surface area contributed by atoms with Crippen LogP contribution in [-0.4, -0.2) is 17.2 Å². The van der Waals surface area contributed by atoms with Crippen LogP contribution in [0.5, 0.6) is 0 Å². The Bertz CT molecular complexity index is 214. The first-order valence-corrected chi connectivity index (χ1v) is 4.20. The van der Waals surface area contributed by atoms with E-state index in [1.165, 1.54) is 0 Å². The monoisotopic (exact) mass is 188 g/mol.